The molecule has 0 unspecified atom stereocenters. The molecule has 0 aliphatic rings. The fourth-order valence-corrected chi connectivity index (χ4v) is 2.73. The molecule has 0 amide bonds. The highest BCUT2D eigenvalue weighted by molar-refractivity contribution is 14.1. The number of para-hydroxylation sites is 1. The molecule has 0 saturated heterocycles. The van der Waals surface area contributed by atoms with Gasteiger partial charge in [-0.05, 0) is 40.8 Å². The summed E-state index contributed by atoms with van der Waals surface area (Å²) in [5, 5.41) is 0. The average Bonchev–Trinajstić information content (AvgIpc) is 2.90. The van der Waals surface area contributed by atoms with E-state index < -0.39 is 0 Å². The van der Waals surface area contributed by atoms with E-state index in [1.54, 1.807) is 6.07 Å². The Kier molecular flexibility index (Phi) is 3.43. The molecular formula is C15H11IN2O2. The lowest BCUT2D eigenvalue weighted by atomic mass is 10.2. The molecule has 4 nitrogen and oxygen atoms in total. The maximum Gasteiger partial charge on any atom is 0.340 e. The van der Waals surface area contributed by atoms with Gasteiger partial charge in [0.15, 0.2) is 0 Å². The minimum absolute atomic E-state index is 0.378. The third kappa shape index (κ3) is 2.18. The second kappa shape index (κ2) is 5.24. The third-order valence-electron chi connectivity index (χ3n) is 3.05. The number of aromatic nitrogens is 2. The molecule has 1 N–H and O–H groups in total. The molecule has 0 spiro atoms. The van der Waals surface area contributed by atoms with E-state index in [4.69, 9.17) is 4.74 Å². The van der Waals surface area contributed by atoms with E-state index in [2.05, 4.69) is 32.6 Å². The topological polar surface area (TPSA) is 55.0 Å². The third-order valence-corrected chi connectivity index (χ3v) is 3.99. The average molecular weight is 378 g/mol. The minimum Gasteiger partial charge on any atom is -0.465 e. The van der Waals surface area contributed by atoms with Crippen LogP contribution in [-0.2, 0) is 4.74 Å². The van der Waals surface area contributed by atoms with Gasteiger partial charge in [-0.3, -0.25) is 0 Å². The number of rotatable bonds is 2. The lowest BCUT2D eigenvalue weighted by Gasteiger charge is -1.99. The molecular weight excluding hydrogens is 367 g/mol. The van der Waals surface area contributed by atoms with Crippen molar-refractivity contribution in [2.24, 2.45) is 0 Å². The quantitative estimate of drug-likeness (QED) is 0.548. The molecule has 0 radical (unpaired) electrons. The molecule has 2 aromatic carbocycles. The van der Waals surface area contributed by atoms with E-state index >= 15 is 0 Å². The van der Waals surface area contributed by atoms with Crippen LogP contribution in [0.4, 0.5) is 0 Å². The first-order valence-corrected chi connectivity index (χ1v) is 7.10. The second-order valence-electron chi connectivity index (χ2n) is 4.26. The van der Waals surface area contributed by atoms with E-state index in [1.807, 2.05) is 36.4 Å². The van der Waals surface area contributed by atoms with E-state index in [9.17, 15) is 4.79 Å². The first kappa shape index (κ1) is 13.1. The number of methoxy groups -OCH3 is 1. The molecule has 0 aliphatic heterocycles. The van der Waals surface area contributed by atoms with Crippen LogP contribution in [0.2, 0.25) is 0 Å². The van der Waals surface area contributed by atoms with Gasteiger partial charge in [0.1, 0.15) is 11.3 Å². The van der Waals surface area contributed by atoms with Crippen molar-refractivity contribution in [2.45, 2.75) is 0 Å². The maximum atomic E-state index is 11.8. The number of ether oxygens (including phenoxy) is 1. The lowest BCUT2D eigenvalue weighted by Crippen LogP contribution is -2.01. The van der Waals surface area contributed by atoms with Crippen LogP contribution in [0.1, 0.15) is 10.4 Å². The zero-order valence-corrected chi connectivity index (χ0v) is 12.8. The lowest BCUT2D eigenvalue weighted by molar-refractivity contribution is 0.0603. The summed E-state index contributed by atoms with van der Waals surface area (Å²) >= 11 is 2.27. The number of imidazole rings is 1. The molecule has 0 atom stereocenters. The van der Waals surface area contributed by atoms with Crippen molar-refractivity contribution in [3.05, 3.63) is 51.6 Å². The second-order valence-corrected chi connectivity index (χ2v) is 5.42. The molecule has 3 aromatic rings. The summed E-state index contributed by atoms with van der Waals surface area (Å²) in [4.78, 5) is 19.6. The number of carbonyl (C=O) groups is 1. The van der Waals surface area contributed by atoms with Crippen LogP contribution in [0.25, 0.3) is 22.4 Å². The molecule has 0 bridgehead atoms. The fourth-order valence-electron chi connectivity index (χ4n) is 2.09. The van der Waals surface area contributed by atoms with Crippen LogP contribution in [0.5, 0.6) is 0 Å². The molecule has 1 heterocycles. The molecule has 100 valence electrons. The first-order chi connectivity index (χ1) is 9.70. The van der Waals surface area contributed by atoms with Crippen LogP contribution in [0.3, 0.4) is 0 Å². The van der Waals surface area contributed by atoms with Gasteiger partial charge in [0, 0.05) is 9.13 Å². The Labute approximate surface area is 129 Å². The van der Waals surface area contributed by atoms with Gasteiger partial charge in [-0.25, -0.2) is 9.78 Å². The molecule has 3 rings (SSSR count). The highest BCUT2D eigenvalue weighted by atomic mass is 127. The summed E-state index contributed by atoms with van der Waals surface area (Å²) in [5.74, 6) is 0.373. The molecule has 5 heteroatoms. The van der Waals surface area contributed by atoms with Crippen molar-refractivity contribution < 1.29 is 9.53 Å². The number of esters is 1. The van der Waals surface area contributed by atoms with E-state index in [-0.39, 0.29) is 5.97 Å². The SMILES string of the molecule is COC(=O)c1cccc2[nH]c(-c3ccccc3I)nc12. The summed E-state index contributed by atoms with van der Waals surface area (Å²) in [6.07, 6.45) is 0. The van der Waals surface area contributed by atoms with Gasteiger partial charge in [-0.1, -0.05) is 24.3 Å². The Morgan fingerprint density at radius 1 is 1.20 bits per heavy atom. The van der Waals surface area contributed by atoms with Crippen LogP contribution in [-0.4, -0.2) is 23.0 Å². The number of H-pyrrole nitrogens is 1. The number of nitrogens with zero attached hydrogens (tertiary/aromatic N) is 1. The van der Waals surface area contributed by atoms with Gasteiger partial charge >= 0.3 is 5.97 Å². The standard InChI is InChI=1S/C15H11IN2O2/c1-20-15(19)10-6-4-8-12-13(10)18-14(17-12)9-5-2-3-7-11(9)16/h2-8H,1H3,(H,17,18). The molecule has 0 saturated carbocycles. The van der Waals surface area contributed by atoms with Gasteiger partial charge in [0.25, 0.3) is 0 Å². The van der Waals surface area contributed by atoms with Crippen LogP contribution < -0.4 is 0 Å². The number of benzene rings is 2. The number of aromatic amines is 1. The number of nitrogens with one attached hydrogen (secondary N) is 1. The number of hydrogen-bond donors (Lipinski definition) is 1. The molecule has 0 fully saturated rings. The number of hydrogen-bond acceptors (Lipinski definition) is 3. The Hall–Kier alpha value is -1.89. The van der Waals surface area contributed by atoms with Crippen molar-refractivity contribution in [3.8, 4) is 11.4 Å². The Morgan fingerprint density at radius 2 is 2.00 bits per heavy atom. The van der Waals surface area contributed by atoms with Crippen molar-refractivity contribution in [2.75, 3.05) is 7.11 Å². The highest BCUT2D eigenvalue weighted by Gasteiger charge is 2.15. The van der Waals surface area contributed by atoms with Crippen molar-refractivity contribution in [1.82, 2.24) is 9.97 Å². The molecule has 1 aromatic heterocycles. The first-order valence-electron chi connectivity index (χ1n) is 6.02. The zero-order chi connectivity index (χ0) is 14.1. The van der Waals surface area contributed by atoms with Crippen molar-refractivity contribution >= 4 is 39.6 Å². The van der Waals surface area contributed by atoms with E-state index in [0.29, 0.717) is 11.1 Å². The predicted molar refractivity (Wildman–Crippen MR) is 85.6 cm³/mol. The monoisotopic (exact) mass is 378 g/mol. The van der Waals surface area contributed by atoms with Gasteiger partial charge in [-0.15, -0.1) is 0 Å². The van der Waals surface area contributed by atoms with Crippen molar-refractivity contribution in [3.63, 3.8) is 0 Å². The summed E-state index contributed by atoms with van der Waals surface area (Å²) in [5.41, 5.74) is 2.94. The number of halogens is 1. The van der Waals surface area contributed by atoms with Crippen LogP contribution in [0, 0.1) is 3.57 Å². The zero-order valence-electron chi connectivity index (χ0n) is 10.7. The van der Waals surface area contributed by atoms with E-state index in [0.717, 1.165) is 20.5 Å². The predicted octanol–water partition coefficient (Wildman–Crippen LogP) is 3.62. The van der Waals surface area contributed by atoms with Gasteiger partial charge in [-0.2, -0.15) is 0 Å². The summed E-state index contributed by atoms with van der Waals surface area (Å²) < 4.78 is 5.89. The Bertz CT molecular complexity index is 795. The number of fused-ring (bicyclic) bond motifs is 1. The smallest absolute Gasteiger partial charge is 0.340 e. The van der Waals surface area contributed by atoms with Gasteiger partial charge < -0.3 is 9.72 Å². The largest absolute Gasteiger partial charge is 0.465 e. The van der Waals surface area contributed by atoms with Crippen molar-refractivity contribution in [1.29, 1.82) is 0 Å². The highest BCUT2D eigenvalue weighted by Crippen LogP contribution is 2.26. The Morgan fingerprint density at radius 3 is 2.75 bits per heavy atom. The van der Waals surface area contributed by atoms with E-state index in [1.165, 1.54) is 7.11 Å². The van der Waals surface area contributed by atoms with Crippen LogP contribution in [0.15, 0.2) is 42.5 Å². The Balaban J connectivity index is 2.21. The number of carbonyl (C=O) groups excluding carboxylic acids is 1. The normalized spacial score (nSPS) is 10.7. The summed E-state index contributed by atoms with van der Waals surface area (Å²) in [6.45, 7) is 0. The fraction of sp³-hybridized carbons (Fsp3) is 0.0667. The minimum atomic E-state index is -0.378. The van der Waals surface area contributed by atoms with Crippen LogP contribution >= 0.6 is 22.6 Å². The van der Waals surface area contributed by atoms with Gasteiger partial charge in [0.2, 0.25) is 0 Å². The summed E-state index contributed by atoms with van der Waals surface area (Å²) in [7, 11) is 1.37. The summed E-state index contributed by atoms with van der Waals surface area (Å²) in [6, 6.07) is 13.4. The van der Waals surface area contributed by atoms with Gasteiger partial charge in [0.05, 0.1) is 18.2 Å². The molecule has 20 heavy (non-hydrogen) atoms. The maximum absolute atomic E-state index is 11.8. The molecule has 0 aliphatic carbocycles.